The summed E-state index contributed by atoms with van der Waals surface area (Å²) >= 11 is 1.52. The van der Waals surface area contributed by atoms with Gasteiger partial charge in [-0.05, 0) is 39.9 Å². The van der Waals surface area contributed by atoms with Crippen LogP contribution in [-0.4, -0.2) is 20.4 Å². The zero-order chi connectivity index (χ0) is 24.7. The number of thiazole rings is 1. The Labute approximate surface area is 213 Å². The number of carbonyl (C=O) groups excluding carboxylic acids is 1. The minimum atomic E-state index is -0.251. The van der Waals surface area contributed by atoms with Gasteiger partial charge in [0.2, 0.25) is 5.91 Å². The van der Waals surface area contributed by atoms with E-state index in [9.17, 15) is 9.18 Å². The molecule has 0 unspecified atom stereocenters. The molecule has 2 heterocycles. The molecule has 5 rings (SSSR count). The predicted octanol–water partition coefficient (Wildman–Crippen LogP) is 5.64. The zero-order valence-electron chi connectivity index (χ0n) is 19.6. The highest BCUT2D eigenvalue weighted by molar-refractivity contribution is 7.09. The number of rotatable bonds is 9. The predicted molar refractivity (Wildman–Crippen MR) is 140 cm³/mol. The van der Waals surface area contributed by atoms with E-state index in [1.165, 1.54) is 29.0 Å². The monoisotopic (exact) mass is 496 g/mol. The summed E-state index contributed by atoms with van der Waals surface area (Å²) in [5.41, 5.74) is 6.21. The Morgan fingerprint density at radius 2 is 1.75 bits per heavy atom. The largest absolute Gasteiger partial charge is 0.352 e. The quantitative estimate of drug-likeness (QED) is 0.287. The van der Waals surface area contributed by atoms with Crippen LogP contribution >= 0.6 is 11.3 Å². The molecule has 0 aliphatic heterocycles. The van der Waals surface area contributed by atoms with Gasteiger partial charge in [-0.2, -0.15) is 0 Å². The third-order valence-electron chi connectivity index (χ3n) is 5.89. The van der Waals surface area contributed by atoms with Gasteiger partial charge >= 0.3 is 0 Å². The first kappa shape index (κ1) is 23.6. The van der Waals surface area contributed by atoms with Gasteiger partial charge in [0.15, 0.2) is 0 Å². The van der Waals surface area contributed by atoms with Crippen molar-refractivity contribution < 1.29 is 9.18 Å². The van der Waals surface area contributed by atoms with Gasteiger partial charge in [-0.3, -0.25) is 4.79 Å². The number of hydrogen-bond acceptors (Lipinski definition) is 4. The summed E-state index contributed by atoms with van der Waals surface area (Å²) in [6.07, 6.45) is 6.39. The van der Waals surface area contributed by atoms with Crippen molar-refractivity contribution in [2.45, 2.75) is 25.9 Å². The Balaban J connectivity index is 1.18. The van der Waals surface area contributed by atoms with Crippen molar-refractivity contribution in [3.05, 3.63) is 130 Å². The molecule has 0 atom stereocenters. The Kier molecular flexibility index (Phi) is 7.28. The second-order valence-corrected chi connectivity index (χ2v) is 9.52. The summed E-state index contributed by atoms with van der Waals surface area (Å²) in [7, 11) is 0. The number of imidazole rings is 1. The number of nitrogens with one attached hydrogen (secondary N) is 1. The zero-order valence-corrected chi connectivity index (χ0v) is 20.4. The molecule has 5 nitrogen and oxygen atoms in total. The molecule has 7 heteroatoms. The van der Waals surface area contributed by atoms with Gasteiger partial charge in [0.05, 0.1) is 23.4 Å². The molecule has 2 aromatic heterocycles. The van der Waals surface area contributed by atoms with Crippen LogP contribution in [0.5, 0.6) is 0 Å². The van der Waals surface area contributed by atoms with Crippen molar-refractivity contribution in [2.75, 3.05) is 0 Å². The average Bonchev–Trinajstić information content (AvgIpc) is 3.57. The van der Waals surface area contributed by atoms with E-state index in [0.717, 1.165) is 39.5 Å². The van der Waals surface area contributed by atoms with Crippen molar-refractivity contribution in [2.24, 2.45) is 0 Å². The first-order chi connectivity index (χ1) is 17.6. The Bertz CT molecular complexity index is 1430. The van der Waals surface area contributed by atoms with Gasteiger partial charge in [0.25, 0.3) is 0 Å². The molecule has 1 amide bonds. The van der Waals surface area contributed by atoms with Crippen LogP contribution in [0.1, 0.15) is 27.4 Å². The lowest BCUT2D eigenvalue weighted by molar-refractivity contribution is -0.120. The van der Waals surface area contributed by atoms with Crippen LogP contribution < -0.4 is 5.32 Å². The van der Waals surface area contributed by atoms with E-state index in [1.807, 2.05) is 40.7 Å². The maximum absolute atomic E-state index is 13.1. The van der Waals surface area contributed by atoms with Crippen LogP contribution in [0.4, 0.5) is 4.39 Å². The van der Waals surface area contributed by atoms with Gasteiger partial charge in [-0.25, -0.2) is 14.4 Å². The molecule has 0 spiro atoms. The Morgan fingerprint density at radius 3 is 2.53 bits per heavy atom. The van der Waals surface area contributed by atoms with E-state index in [1.54, 1.807) is 18.3 Å². The van der Waals surface area contributed by atoms with Gasteiger partial charge < -0.3 is 9.88 Å². The SMILES string of the molecule is O=C(Cc1csc(Cc2ccc(F)cc2)n1)NCc1ccccc1-c1ccc(Cn2ccnc2)cc1. The highest BCUT2D eigenvalue weighted by Crippen LogP contribution is 2.24. The number of halogens is 1. The summed E-state index contributed by atoms with van der Waals surface area (Å²) in [6, 6.07) is 23.0. The number of amides is 1. The first-order valence-electron chi connectivity index (χ1n) is 11.7. The van der Waals surface area contributed by atoms with E-state index in [2.05, 4.69) is 45.6 Å². The highest BCUT2D eigenvalue weighted by Gasteiger charge is 2.11. The van der Waals surface area contributed by atoms with E-state index >= 15 is 0 Å². The number of carbonyl (C=O) groups is 1. The lowest BCUT2D eigenvalue weighted by atomic mass is 9.98. The van der Waals surface area contributed by atoms with Crippen LogP contribution in [0.25, 0.3) is 11.1 Å². The van der Waals surface area contributed by atoms with Gasteiger partial charge in [0, 0.05) is 37.3 Å². The van der Waals surface area contributed by atoms with Crippen molar-refractivity contribution in [3.63, 3.8) is 0 Å². The van der Waals surface area contributed by atoms with Gasteiger partial charge in [-0.1, -0.05) is 60.7 Å². The standard InChI is InChI=1S/C29H25FN4OS/c30-25-11-7-21(8-12-25)15-29-33-26(19-36-29)16-28(35)32-17-24-3-1-2-4-27(24)23-9-5-22(6-10-23)18-34-14-13-31-20-34/h1-14,19-20H,15-18H2,(H,32,35). The fraction of sp³-hybridized carbons (Fsp3) is 0.138. The molecular weight excluding hydrogens is 471 g/mol. The van der Waals surface area contributed by atoms with Crippen LogP contribution in [-0.2, 0) is 30.7 Å². The summed E-state index contributed by atoms with van der Waals surface area (Å²) in [4.78, 5) is 21.3. The third-order valence-corrected chi connectivity index (χ3v) is 6.79. The molecule has 0 fully saturated rings. The van der Waals surface area contributed by atoms with Crippen LogP contribution in [0, 0.1) is 5.82 Å². The summed E-state index contributed by atoms with van der Waals surface area (Å²) in [5.74, 6) is -0.321. The van der Waals surface area contributed by atoms with Crippen LogP contribution in [0.15, 0.2) is 96.9 Å². The van der Waals surface area contributed by atoms with Gasteiger partial charge in [0.1, 0.15) is 5.82 Å². The Hall–Kier alpha value is -4.10. The molecule has 5 aromatic rings. The van der Waals surface area contributed by atoms with Crippen LogP contribution in [0.2, 0.25) is 0 Å². The molecule has 0 aliphatic carbocycles. The van der Waals surface area contributed by atoms with Crippen molar-refractivity contribution in [1.29, 1.82) is 0 Å². The molecule has 36 heavy (non-hydrogen) atoms. The average molecular weight is 497 g/mol. The lowest BCUT2D eigenvalue weighted by Gasteiger charge is -2.12. The maximum atomic E-state index is 13.1. The van der Waals surface area contributed by atoms with Crippen molar-refractivity contribution >= 4 is 17.2 Å². The van der Waals surface area contributed by atoms with Gasteiger partial charge in [-0.15, -0.1) is 11.3 Å². The number of aromatic nitrogens is 3. The molecule has 0 aliphatic rings. The molecule has 0 saturated heterocycles. The molecule has 1 N–H and O–H groups in total. The molecule has 0 bridgehead atoms. The second kappa shape index (κ2) is 11.1. The van der Waals surface area contributed by atoms with E-state index in [-0.39, 0.29) is 18.1 Å². The molecule has 0 saturated carbocycles. The fourth-order valence-electron chi connectivity index (χ4n) is 4.05. The van der Waals surface area contributed by atoms with Crippen LogP contribution in [0.3, 0.4) is 0 Å². The molecule has 3 aromatic carbocycles. The molecule has 0 radical (unpaired) electrons. The lowest BCUT2D eigenvalue weighted by Crippen LogP contribution is -2.25. The van der Waals surface area contributed by atoms with E-state index in [4.69, 9.17) is 0 Å². The summed E-state index contributed by atoms with van der Waals surface area (Å²) in [6.45, 7) is 1.22. The number of hydrogen-bond donors (Lipinski definition) is 1. The number of nitrogens with zero attached hydrogens (tertiary/aromatic N) is 3. The summed E-state index contributed by atoms with van der Waals surface area (Å²) < 4.78 is 15.1. The topological polar surface area (TPSA) is 59.8 Å². The molecule has 180 valence electrons. The molecular formula is C29H25FN4OS. The Morgan fingerprint density at radius 1 is 0.972 bits per heavy atom. The normalized spacial score (nSPS) is 10.9. The number of benzene rings is 3. The van der Waals surface area contributed by atoms with E-state index < -0.39 is 0 Å². The van der Waals surface area contributed by atoms with E-state index in [0.29, 0.717) is 13.0 Å². The third kappa shape index (κ3) is 6.12. The highest BCUT2D eigenvalue weighted by atomic mass is 32.1. The van der Waals surface area contributed by atoms with Crippen molar-refractivity contribution in [1.82, 2.24) is 19.9 Å². The van der Waals surface area contributed by atoms with Crippen molar-refractivity contribution in [3.8, 4) is 11.1 Å². The second-order valence-electron chi connectivity index (χ2n) is 8.58. The minimum absolute atomic E-state index is 0.0703. The fourth-order valence-corrected chi connectivity index (χ4v) is 4.87. The smallest absolute Gasteiger partial charge is 0.226 e. The summed E-state index contributed by atoms with van der Waals surface area (Å²) in [5, 5.41) is 5.86. The first-order valence-corrected chi connectivity index (χ1v) is 12.6. The minimum Gasteiger partial charge on any atom is -0.352 e. The maximum Gasteiger partial charge on any atom is 0.226 e.